The summed E-state index contributed by atoms with van der Waals surface area (Å²) in [4.78, 5) is 16.4. The molecule has 0 saturated carbocycles. The van der Waals surface area contributed by atoms with Gasteiger partial charge in [0.15, 0.2) is 0 Å². The fourth-order valence-corrected chi connectivity index (χ4v) is 2.48. The van der Waals surface area contributed by atoms with E-state index in [0.29, 0.717) is 13.0 Å². The van der Waals surface area contributed by atoms with Crippen molar-refractivity contribution in [2.45, 2.75) is 51.5 Å². The molecule has 1 atom stereocenters. The zero-order valence-corrected chi connectivity index (χ0v) is 12.0. The lowest BCUT2D eigenvalue weighted by Crippen LogP contribution is -2.44. The first-order valence-corrected chi connectivity index (χ1v) is 7.37. The van der Waals surface area contributed by atoms with Gasteiger partial charge in [0.1, 0.15) is 0 Å². The van der Waals surface area contributed by atoms with Crippen molar-refractivity contribution >= 4 is 5.91 Å². The van der Waals surface area contributed by atoms with E-state index >= 15 is 0 Å². The Labute approximate surface area is 111 Å². The maximum atomic E-state index is 12.2. The van der Waals surface area contributed by atoms with Gasteiger partial charge in [-0.25, -0.2) is 0 Å². The van der Waals surface area contributed by atoms with Gasteiger partial charge < -0.3 is 15.5 Å². The molecule has 1 rings (SSSR count). The van der Waals surface area contributed by atoms with Crippen molar-refractivity contribution < 1.29 is 4.79 Å². The summed E-state index contributed by atoms with van der Waals surface area (Å²) < 4.78 is 0. The largest absolute Gasteiger partial charge is 0.343 e. The molecule has 1 aliphatic rings. The number of hydrogen-bond donors (Lipinski definition) is 1. The average molecular weight is 255 g/mol. The molecule has 0 aromatic carbocycles. The smallest absolute Gasteiger partial charge is 0.224 e. The van der Waals surface area contributed by atoms with Crippen LogP contribution in [-0.2, 0) is 4.79 Å². The highest BCUT2D eigenvalue weighted by Gasteiger charge is 2.22. The van der Waals surface area contributed by atoms with Crippen LogP contribution in [0.3, 0.4) is 0 Å². The van der Waals surface area contributed by atoms with Crippen LogP contribution >= 0.6 is 0 Å². The molecular weight excluding hydrogens is 226 g/mol. The second kappa shape index (κ2) is 8.48. The lowest BCUT2D eigenvalue weighted by molar-refractivity contribution is -0.133. The molecule has 0 aliphatic carbocycles. The van der Waals surface area contributed by atoms with Crippen molar-refractivity contribution in [2.24, 2.45) is 5.73 Å². The number of likely N-dealkylation sites (tertiary alicyclic amines) is 1. The fourth-order valence-electron chi connectivity index (χ4n) is 2.48. The molecule has 18 heavy (non-hydrogen) atoms. The van der Waals surface area contributed by atoms with E-state index in [2.05, 4.69) is 18.9 Å². The predicted octanol–water partition coefficient (Wildman–Crippen LogP) is 1.45. The monoisotopic (exact) mass is 255 g/mol. The molecule has 2 N–H and O–H groups in total. The van der Waals surface area contributed by atoms with Gasteiger partial charge in [0, 0.05) is 32.1 Å². The number of nitrogens with zero attached hydrogens (tertiary/aromatic N) is 2. The van der Waals surface area contributed by atoms with Gasteiger partial charge in [-0.05, 0) is 39.3 Å². The minimum Gasteiger partial charge on any atom is -0.343 e. The number of rotatable bonds is 7. The van der Waals surface area contributed by atoms with Crippen LogP contribution in [-0.4, -0.2) is 55.0 Å². The van der Waals surface area contributed by atoms with E-state index in [4.69, 9.17) is 5.73 Å². The topological polar surface area (TPSA) is 49.6 Å². The van der Waals surface area contributed by atoms with Crippen molar-refractivity contribution in [3.8, 4) is 0 Å². The highest BCUT2D eigenvalue weighted by molar-refractivity contribution is 5.76. The number of amides is 1. The average Bonchev–Trinajstić information content (AvgIpc) is 2.42. The van der Waals surface area contributed by atoms with E-state index in [-0.39, 0.29) is 11.9 Å². The van der Waals surface area contributed by atoms with Crippen LogP contribution in [0.25, 0.3) is 0 Å². The second-order valence-corrected chi connectivity index (χ2v) is 5.37. The number of carbonyl (C=O) groups is 1. The molecule has 1 aliphatic heterocycles. The van der Waals surface area contributed by atoms with Gasteiger partial charge in [0.25, 0.3) is 0 Å². The number of piperidine rings is 1. The summed E-state index contributed by atoms with van der Waals surface area (Å²) in [5.41, 5.74) is 5.81. The van der Waals surface area contributed by atoms with Gasteiger partial charge >= 0.3 is 0 Å². The molecular formula is C14H29N3O. The Morgan fingerprint density at radius 3 is 2.56 bits per heavy atom. The molecule has 1 saturated heterocycles. The van der Waals surface area contributed by atoms with Crippen molar-refractivity contribution in [1.29, 1.82) is 0 Å². The Kier molecular flexibility index (Phi) is 7.28. The van der Waals surface area contributed by atoms with Gasteiger partial charge in [0.2, 0.25) is 5.91 Å². The number of nitrogens with two attached hydrogens (primary N) is 1. The highest BCUT2D eigenvalue weighted by atomic mass is 16.2. The number of carbonyl (C=O) groups excluding carboxylic acids is 1. The Morgan fingerprint density at radius 2 is 2.00 bits per heavy atom. The summed E-state index contributed by atoms with van der Waals surface area (Å²) in [7, 11) is 2.08. The molecule has 4 nitrogen and oxygen atoms in total. The molecule has 1 heterocycles. The van der Waals surface area contributed by atoms with Crippen LogP contribution in [0.4, 0.5) is 0 Å². The molecule has 0 aromatic heterocycles. The molecule has 0 bridgehead atoms. The molecule has 106 valence electrons. The lowest BCUT2D eigenvalue weighted by atomic mass is 10.1. The zero-order valence-electron chi connectivity index (χ0n) is 12.0. The van der Waals surface area contributed by atoms with Crippen LogP contribution in [0, 0.1) is 0 Å². The summed E-state index contributed by atoms with van der Waals surface area (Å²) in [5, 5.41) is 0. The van der Waals surface area contributed by atoms with Crippen molar-refractivity contribution in [2.75, 3.05) is 33.2 Å². The van der Waals surface area contributed by atoms with Crippen LogP contribution < -0.4 is 5.73 Å². The summed E-state index contributed by atoms with van der Waals surface area (Å²) in [6, 6.07) is 0.200. The van der Waals surface area contributed by atoms with Crippen molar-refractivity contribution in [1.82, 2.24) is 9.80 Å². The maximum absolute atomic E-state index is 12.2. The van der Waals surface area contributed by atoms with Crippen LogP contribution in [0.1, 0.15) is 45.4 Å². The Hall–Kier alpha value is -0.610. The lowest BCUT2D eigenvalue weighted by Gasteiger charge is -2.31. The Bertz CT molecular complexity index is 239. The van der Waals surface area contributed by atoms with E-state index in [1.807, 2.05) is 4.90 Å². The predicted molar refractivity (Wildman–Crippen MR) is 75.4 cm³/mol. The Morgan fingerprint density at radius 1 is 1.33 bits per heavy atom. The van der Waals surface area contributed by atoms with Gasteiger partial charge in [-0.15, -0.1) is 0 Å². The first-order valence-electron chi connectivity index (χ1n) is 7.37. The van der Waals surface area contributed by atoms with Crippen LogP contribution in [0.5, 0.6) is 0 Å². The zero-order chi connectivity index (χ0) is 13.4. The summed E-state index contributed by atoms with van der Waals surface area (Å²) in [6.45, 7) is 5.67. The highest BCUT2D eigenvalue weighted by Crippen LogP contribution is 2.12. The van der Waals surface area contributed by atoms with E-state index < -0.39 is 0 Å². The number of hydrogen-bond acceptors (Lipinski definition) is 3. The third-order valence-corrected chi connectivity index (χ3v) is 3.88. The Balaban J connectivity index is 2.38. The third kappa shape index (κ3) is 4.94. The molecule has 1 amide bonds. The van der Waals surface area contributed by atoms with Gasteiger partial charge in [-0.3, -0.25) is 4.79 Å². The SMILES string of the molecule is CCCCN(C)C(CN)CC(=O)N1CCCCC1. The van der Waals surface area contributed by atoms with Gasteiger partial charge in [0.05, 0.1) is 0 Å². The van der Waals surface area contributed by atoms with E-state index in [1.54, 1.807) is 0 Å². The first-order chi connectivity index (χ1) is 8.69. The molecule has 1 unspecified atom stereocenters. The van der Waals surface area contributed by atoms with Crippen molar-refractivity contribution in [3.63, 3.8) is 0 Å². The molecule has 4 heteroatoms. The quantitative estimate of drug-likeness (QED) is 0.749. The van der Waals surface area contributed by atoms with Gasteiger partial charge in [-0.2, -0.15) is 0 Å². The summed E-state index contributed by atoms with van der Waals surface area (Å²) in [5.74, 6) is 0.286. The number of unbranched alkanes of at least 4 members (excludes halogenated alkanes) is 1. The summed E-state index contributed by atoms with van der Waals surface area (Å²) in [6.07, 6.45) is 6.51. The maximum Gasteiger partial charge on any atom is 0.224 e. The van der Waals surface area contributed by atoms with E-state index in [9.17, 15) is 4.79 Å². The standard InChI is InChI=1S/C14H29N3O/c1-3-4-8-16(2)13(12-15)11-14(18)17-9-6-5-7-10-17/h13H,3-12,15H2,1-2H3. The molecule has 0 radical (unpaired) electrons. The van der Waals surface area contributed by atoms with E-state index in [0.717, 1.165) is 32.5 Å². The first kappa shape index (κ1) is 15.4. The number of likely N-dealkylation sites (N-methyl/N-ethyl adjacent to an activating group) is 1. The van der Waals surface area contributed by atoms with Crippen LogP contribution in [0.2, 0.25) is 0 Å². The summed E-state index contributed by atoms with van der Waals surface area (Å²) >= 11 is 0. The normalized spacial score (nSPS) is 18.1. The minimum atomic E-state index is 0.200. The van der Waals surface area contributed by atoms with Crippen molar-refractivity contribution in [3.05, 3.63) is 0 Å². The van der Waals surface area contributed by atoms with E-state index in [1.165, 1.54) is 19.3 Å². The minimum absolute atomic E-state index is 0.200. The third-order valence-electron chi connectivity index (χ3n) is 3.88. The molecule has 1 fully saturated rings. The van der Waals surface area contributed by atoms with Crippen LogP contribution in [0.15, 0.2) is 0 Å². The van der Waals surface area contributed by atoms with Gasteiger partial charge in [-0.1, -0.05) is 13.3 Å². The molecule has 0 aromatic rings. The second-order valence-electron chi connectivity index (χ2n) is 5.37. The molecule has 0 spiro atoms. The fraction of sp³-hybridized carbons (Fsp3) is 0.929.